The fourth-order valence-corrected chi connectivity index (χ4v) is 3.53. The van der Waals surface area contributed by atoms with Crippen LogP contribution in [0.5, 0.6) is 5.75 Å². The van der Waals surface area contributed by atoms with Crippen LogP contribution in [0.15, 0.2) is 41.2 Å². The number of aliphatic hydroxyl groups excluding tert-OH is 1. The Morgan fingerprint density at radius 2 is 1.88 bits per heavy atom. The largest absolute Gasteiger partial charge is 0.489 e. The molecular weight excluding hydrogens is 426 g/mol. The molecule has 0 aliphatic heterocycles. The van der Waals surface area contributed by atoms with Gasteiger partial charge in [-0.1, -0.05) is 19.1 Å². The molecule has 9 nitrogen and oxygen atoms in total. The van der Waals surface area contributed by atoms with E-state index in [4.69, 9.17) is 9.47 Å². The molecule has 2 atom stereocenters. The Labute approximate surface area is 191 Å². The van der Waals surface area contributed by atoms with Crippen LogP contribution in [0, 0.1) is 19.8 Å². The average Bonchev–Trinajstić information content (AvgIpc) is 2.80. The summed E-state index contributed by atoms with van der Waals surface area (Å²) in [6.45, 7) is 7.24. The van der Waals surface area contributed by atoms with Gasteiger partial charge in [0.2, 0.25) is 0 Å². The number of hydrogen-bond donors (Lipinski definition) is 2. The second-order valence-corrected chi connectivity index (χ2v) is 7.97. The lowest BCUT2D eigenvalue weighted by Crippen LogP contribution is -2.40. The first-order valence-corrected chi connectivity index (χ1v) is 10.7. The molecule has 1 aromatic heterocycles. The van der Waals surface area contributed by atoms with Crippen LogP contribution in [0.25, 0.3) is 5.69 Å². The summed E-state index contributed by atoms with van der Waals surface area (Å²) in [5.74, 6) is -1.54. The molecule has 33 heavy (non-hydrogen) atoms. The third kappa shape index (κ3) is 4.93. The number of hydrogen-bond acceptors (Lipinski definition) is 6. The highest BCUT2D eigenvalue weighted by atomic mass is 16.5. The molecule has 9 heteroatoms. The molecule has 0 bridgehead atoms. The van der Waals surface area contributed by atoms with Crippen molar-refractivity contribution in [2.45, 2.75) is 40.4 Å². The number of carbonyl (C=O) groups is 2. The number of nitrogens with zero attached hydrogens (tertiary/aromatic N) is 2. The lowest BCUT2D eigenvalue weighted by Gasteiger charge is -2.19. The van der Waals surface area contributed by atoms with E-state index in [2.05, 4.69) is 5.21 Å². The van der Waals surface area contributed by atoms with Gasteiger partial charge in [-0.25, -0.2) is 19.5 Å². The highest BCUT2D eigenvalue weighted by molar-refractivity contribution is 6.00. The first kappa shape index (κ1) is 24.1. The van der Waals surface area contributed by atoms with Crippen molar-refractivity contribution >= 4 is 11.8 Å². The number of aromatic amines is 1. The monoisotopic (exact) mass is 455 g/mol. The van der Waals surface area contributed by atoms with Crippen LogP contribution in [0.1, 0.15) is 40.9 Å². The van der Waals surface area contributed by atoms with Gasteiger partial charge in [-0.05, 0) is 56.2 Å². The van der Waals surface area contributed by atoms with E-state index < -0.39 is 18.0 Å². The summed E-state index contributed by atoms with van der Waals surface area (Å²) in [5, 5.41) is 13.0. The first-order valence-electron chi connectivity index (χ1n) is 10.7. The number of aliphatic hydroxyl groups is 1. The minimum Gasteiger partial charge on any atom is -0.489 e. The molecule has 0 saturated carbocycles. The Balaban J connectivity index is 1.76. The number of aryl methyl sites for hydroxylation is 3. The first-order chi connectivity index (χ1) is 15.6. The molecule has 2 aromatic carbocycles. The third-order valence-corrected chi connectivity index (χ3v) is 5.60. The highest BCUT2D eigenvalue weighted by Crippen LogP contribution is 2.25. The van der Waals surface area contributed by atoms with Crippen molar-refractivity contribution in [2.75, 3.05) is 6.61 Å². The maximum Gasteiger partial charge on any atom is 0.364 e. The van der Waals surface area contributed by atoms with E-state index in [9.17, 15) is 19.5 Å². The number of carbonyl (C=O) groups excluding carboxylic acids is 2. The van der Waals surface area contributed by atoms with Crippen LogP contribution in [0.3, 0.4) is 0 Å². The van der Waals surface area contributed by atoms with Crippen molar-refractivity contribution in [3.05, 3.63) is 69.1 Å². The Hall–Kier alpha value is -3.59. The zero-order valence-corrected chi connectivity index (χ0v) is 19.4. The summed E-state index contributed by atoms with van der Waals surface area (Å²) in [4.78, 5) is 36.6. The Morgan fingerprint density at radius 1 is 1.15 bits per heavy atom. The maximum absolute atomic E-state index is 12.7. The lowest BCUT2D eigenvalue weighted by atomic mass is 9.93. The molecule has 0 amide bonds. The molecule has 2 N–H and O–H groups in total. The molecule has 3 aromatic rings. The van der Waals surface area contributed by atoms with Gasteiger partial charge in [0.15, 0.2) is 11.9 Å². The number of benzene rings is 2. The molecular formula is C24H29N3O6. The summed E-state index contributed by atoms with van der Waals surface area (Å²) in [6.07, 6.45) is -1.52. The molecule has 3 rings (SSSR count). The highest BCUT2D eigenvalue weighted by Gasteiger charge is 2.30. The van der Waals surface area contributed by atoms with Crippen LogP contribution >= 0.6 is 0 Å². The zero-order chi connectivity index (χ0) is 24.3. The number of aromatic nitrogens is 3. The van der Waals surface area contributed by atoms with Gasteiger partial charge in [-0.15, -0.1) is 0 Å². The SMILES string of the molecule is CCOC(=O)C(O)C(C)C(=O)c1ccc(OCc2c(C)cccc2-n2[nH]n(C)c2=O)c(C)c1. The van der Waals surface area contributed by atoms with E-state index in [1.807, 2.05) is 32.0 Å². The van der Waals surface area contributed by atoms with E-state index in [-0.39, 0.29) is 24.7 Å². The standard InChI is InChI=1S/C24H29N3O6/c1-6-32-23(30)22(29)16(4)21(28)17-10-11-20(15(3)12-17)33-13-18-14(2)8-7-9-19(18)27-24(31)26(5)25-27/h7-12,16,22,25,29H,6,13H2,1-5H3. The van der Waals surface area contributed by atoms with E-state index in [1.165, 1.54) is 16.3 Å². The molecule has 0 aliphatic rings. The van der Waals surface area contributed by atoms with Crippen LogP contribution < -0.4 is 10.4 Å². The van der Waals surface area contributed by atoms with Crippen LogP contribution in [-0.2, 0) is 23.2 Å². The molecule has 0 spiro atoms. The number of rotatable bonds is 9. The fraction of sp³-hybridized carbons (Fsp3) is 0.375. The molecule has 0 aliphatic carbocycles. The number of H-pyrrole nitrogens is 1. The number of ketones is 1. The lowest BCUT2D eigenvalue weighted by molar-refractivity contribution is -0.154. The Morgan fingerprint density at radius 3 is 2.48 bits per heavy atom. The van der Waals surface area contributed by atoms with Gasteiger partial charge in [0, 0.05) is 18.2 Å². The zero-order valence-electron chi connectivity index (χ0n) is 19.4. The normalized spacial score (nSPS) is 12.9. The van der Waals surface area contributed by atoms with Crippen molar-refractivity contribution in [1.29, 1.82) is 0 Å². The Kier molecular flexibility index (Phi) is 7.23. The van der Waals surface area contributed by atoms with E-state index in [0.717, 1.165) is 16.7 Å². The molecule has 0 saturated heterocycles. The van der Waals surface area contributed by atoms with Gasteiger partial charge in [-0.3, -0.25) is 4.79 Å². The fourth-order valence-electron chi connectivity index (χ4n) is 3.53. The molecule has 1 heterocycles. The average molecular weight is 456 g/mol. The van der Waals surface area contributed by atoms with E-state index in [0.29, 0.717) is 17.0 Å². The molecule has 2 unspecified atom stereocenters. The minimum atomic E-state index is -1.52. The third-order valence-electron chi connectivity index (χ3n) is 5.60. The van der Waals surface area contributed by atoms with Gasteiger partial charge in [0.1, 0.15) is 12.4 Å². The topological polar surface area (TPSA) is 116 Å². The van der Waals surface area contributed by atoms with Crippen molar-refractivity contribution in [2.24, 2.45) is 13.0 Å². The number of ether oxygens (including phenoxy) is 2. The molecule has 0 radical (unpaired) electrons. The van der Waals surface area contributed by atoms with Gasteiger partial charge < -0.3 is 14.6 Å². The molecule has 176 valence electrons. The summed E-state index contributed by atoms with van der Waals surface area (Å²) < 4.78 is 13.7. The summed E-state index contributed by atoms with van der Waals surface area (Å²) >= 11 is 0. The van der Waals surface area contributed by atoms with Crippen molar-refractivity contribution in [3.63, 3.8) is 0 Å². The molecule has 0 fully saturated rings. The predicted octanol–water partition coefficient (Wildman–Crippen LogP) is 2.44. The van der Waals surface area contributed by atoms with E-state index in [1.54, 1.807) is 32.2 Å². The van der Waals surface area contributed by atoms with Crippen LogP contribution in [-0.4, -0.2) is 44.1 Å². The summed E-state index contributed by atoms with van der Waals surface area (Å²) in [7, 11) is 1.64. The quantitative estimate of drug-likeness (QED) is 0.378. The van der Waals surface area contributed by atoms with Crippen molar-refractivity contribution in [1.82, 2.24) is 14.6 Å². The van der Waals surface area contributed by atoms with Crippen molar-refractivity contribution in [3.8, 4) is 11.4 Å². The maximum atomic E-state index is 12.7. The van der Waals surface area contributed by atoms with Gasteiger partial charge in [0.25, 0.3) is 0 Å². The van der Waals surface area contributed by atoms with Crippen molar-refractivity contribution < 1.29 is 24.2 Å². The minimum absolute atomic E-state index is 0.128. The van der Waals surface area contributed by atoms with Gasteiger partial charge in [-0.2, -0.15) is 4.68 Å². The van der Waals surface area contributed by atoms with Crippen LogP contribution in [0.2, 0.25) is 0 Å². The summed E-state index contributed by atoms with van der Waals surface area (Å²) in [5.41, 5.74) is 3.47. The smallest absolute Gasteiger partial charge is 0.364 e. The number of esters is 1. The number of Topliss-reactive ketones (excluding diaryl/α,β-unsaturated/α-hetero) is 1. The number of nitrogens with one attached hydrogen (secondary N) is 1. The van der Waals surface area contributed by atoms with Gasteiger partial charge in [0.05, 0.1) is 18.2 Å². The predicted molar refractivity (Wildman–Crippen MR) is 122 cm³/mol. The van der Waals surface area contributed by atoms with Crippen LogP contribution in [0.4, 0.5) is 0 Å². The van der Waals surface area contributed by atoms with E-state index >= 15 is 0 Å². The van der Waals surface area contributed by atoms with Gasteiger partial charge >= 0.3 is 11.7 Å². The Bertz CT molecular complexity index is 1220. The summed E-state index contributed by atoms with van der Waals surface area (Å²) in [6, 6.07) is 10.6. The second kappa shape index (κ2) is 9.91. The second-order valence-electron chi connectivity index (χ2n) is 7.97.